The lowest BCUT2D eigenvalue weighted by Gasteiger charge is -2.07. The highest BCUT2D eigenvalue weighted by atomic mass is 127. The summed E-state index contributed by atoms with van der Waals surface area (Å²) in [4.78, 5) is 12.9. The second kappa shape index (κ2) is 7.69. The number of aromatic hydroxyl groups is 1. The van der Waals surface area contributed by atoms with Gasteiger partial charge in [-0.3, -0.25) is 4.79 Å². The molecule has 0 saturated carbocycles. The van der Waals surface area contributed by atoms with Gasteiger partial charge in [-0.25, -0.2) is 0 Å². The van der Waals surface area contributed by atoms with Crippen LogP contribution in [0.2, 0.25) is 4.34 Å². The van der Waals surface area contributed by atoms with Crippen LogP contribution in [0.5, 0.6) is 5.88 Å². The Morgan fingerprint density at radius 3 is 2.86 bits per heavy atom. The molecule has 28 heavy (non-hydrogen) atoms. The van der Waals surface area contributed by atoms with Crippen LogP contribution in [0.1, 0.15) is 20.9 Å². The largest absolute Gasteiger partial charge is 0.494 e. The molecule has 0 unspecified atom stereocenters. The number of benzene rings is 1. The summed E-state index contributed by atoms with van der Waals surface area (Å²) in [7, 11) is 0. The monoisotopic (exact) mass is 524 g/mol. The van der Waals surface area contributed by atoms with Crippen LogP contribution in [0.15, 0.2) is 42.6 Å². The molecule has 0 aliphatic rings. The maximum atomic E-state index is 12.5. The maximum absolute atomic E-state index is 12.5. The average molecular weight is 525 g/mol. The molecule has 0 fully saturated rings. The molecule has 4 aromatic rings. The maximum Gasteiger partial charge on any atom is 0.267 e. The van der Waals surface area contributed by atoms with E-state index in [-0.39, 0.29) is 17.6 Å². The van der Waals surface area contributed by atoms with Gasteiger partial charge in [0.1, 0.15) is 0 Å². The molecule has 0 aliphatic heterocycles. The van der Waals surface area contributed by atoms with Crippen LogP contribution in [0, 0.1) is 10.5 Å². The number of aryl methyl sites for hydroxylation is 1. The van der Waals surface area contributed by atoms with Crippen molar-refractivity contribution < 1.29 is 9.90 Å². The van der Waals surface area contributed by atoms with Gasteiger partial charge in [0.2, 0.25) is 5.88 Å². The molecule has 0 spiro atoms. The fourth-order valence-electron chi connectivity index (χ4n) is 2.93. The van der Waals surface area contributed by atoms with Crippen LogP contribution in [0.25, 0.3) is 10.8 Å². The van der Waals surface area contributed by atoms with Crippen molar-refractivity contribution in [1.29, 1.82) is 0 Å². The predicted octanol–water partition coefficient (Wildman–Crippen LogP) is 5.07. The summed E-state index contributed by atoms with van der Waals surface area (Å²) >= 11 is 9.33. The molecule has 0 radical (unpaired) electrons. The second-order valence-electron chi connectivity index (χ2n) is 6.19. The summed E-state index contributed by atoms with van der Waals surface area (Å²) < 4.78 is 3.37. The lowest BCUT2D eigenvalue weighted by molar-refractivity contribution is 0.103. The molecular formula is C19H14ClIN4O2S. The van der Waals surface area contributed by atoms with Crippen LogP contribution in [0.4, 0.5) is 5.82 Å². The number of nitrogens with one attached hydrogen (secondary N) is 1. The first-order valence-electron chi connectivity index (χ1n) is 8.28. The van der Waals surface area contributed by atoms with Crippen molar-refractivity contribution in [2.24, 2.45) is 0 Å². The number of hydrogen-bond acceptors (Lipinski definition) is 5. The van der Waals surface area contributed by atoms with Gasteiger partial charge in [-0.2, -0.15) is 5.10 Å². The number of carbonyl (C=O) groups excluding carboxylic acids is 1. The SMILES string of the molecule is Cc1nnc(NC(=O)c2ccc(Cl)s2)c2c(O)n(Cc3cccc(I)c3)cc12. The van der Waals surface area contributed by atoms with Gasteiger partial charge in [-0.15, -0.1) is 16.4 Å². The third-order valence-electron chi connectivity index (χ3n) is 4.25. The Kier molecular flexibility index (Phi) is 5.26. The average Bonchev–Trinajstić information content (AvgIpc) is 3.23. The normalized spacial score (nSPS) is 11.1. The number of halogens is 2. The molecule has 2 N–H and O–H groups in total. The first-order valence-corrected chi connectivity index (χ1v) is 10.6. The van der Waals surface area contributed by atoms with Crippen LogP contribution in [0.3, 0.4) is 0 Å². The molecule has 0 aliphatic carbocycles. The van der Waals surface area contributed by atoms with Crippen molar-refractivity contribution in [3.8, 4) is 5.88 Å². The van der Waals surface area contributed by atoms with Crippen LogP contribution in [-0.2, 0) is 6.54 Å². The fourth-order valence-corrected chi connectivity index (χ4v) is 4.47. The number of carbonyl (C=O) groups is 1. The van der Waals surface area contributed by atoms with Gasteiger partial charge in [0, 0.05) is 15.2 Å². The fraction of sp³-hybridized carbons (Fsp3) is 0.105. The van der Waals surface area contributed by atoms with Crippen molar-refractivity contribution in [3.63, 3.8) is 0 Å². The summed E-state index contributed by atoms with van der Waals surface area (Å²) in [5.41, 5.74) is 1.73. The van der Waals surface area contributed by atoms with Crippen molar-refractivity contribution >= 4 is 68.0 Å². The molecule has 142 valence electrons. The van der Waals surface area contributed by atoms with Gasteiger partial charge < -0.3 is 15.0 Å². The van der Waals surface area contributed by atoms with Crippen LogP contribution in [-0.4, -0.2) is 25.8 Å². The van der Waals surface area contributed by atoms with E-state index in [1.165, 1.54) is 11.3 Å². The number of rotatable bonds is 4. The Morgan fingerprint density at radius 1 is 1.32 bits per heavy atom. The van der Waals surface area contributed by atoms with Crippen LogP contribution >= 0.6 is 45.5 Å². The highest BCUT2D eigenvalue weighted by Crippen LogP contribution is 2.34. The number of amides is 1. The summed E-state index contributed by atoms with van der Waals surface area (Å²) in [6.45, 7) is 2.31. The molecule has 1 amide bonds. The zero-order chi connectivity index (χ0) is 19.8. The highest BCUT2D eigenvalue weighted by molar-refractivity contribution is 14.1. The Labute approximate surface area is 183 Å². The van der Waals surface area contributed by atoms with Crippen molar-refractivity contribution in [2.75, 3.05) is 5.32 Å². The van der Waals surface area contributed by atoms with Gasteiger partial charge in [0.15, 0.2) is 5.82 Å². The van der Waals surface area contributed by atoms with E-state index >= 15 is 0 Å². The Morgan fingerprint density at radius 2 is 2.14 bits per heavy atom. The number of aromatic nitrogens is 3. The van der Waals surface area contributed by atoms with Gasteiger partial charge in [0.25, 0.3) is 5.91 Å². The Balaban J connectivity index is 1.73. The number of thiophene rings is 1. The van der Waals surface area contributed by atoms with Crippen molar-refractivity contribution in [1.82, 2.24) is 14.8 Å². The smallest absolute Gasteiger partial charge is 0.267 e. The van der Waals surface area contributed by atoms with E-state index in [0.717, 1.165) is 14.5 Å². The van der Waals surface area contributed by atoms with Gasteiger partial charge >= 0.3 is 0 Å². The third-order valence-corrected chi connectivity index (χ3v) is 6.15. The summed E-state index contributed by atoms with van der Waals surface area (Å²) in [6, 6.07) is 11.3. The molecule has 3 aromatic heterocycles. The molecule has 4 rings (SSSR count). The van der Waals surface area contributed by atoms with E-state index < -0.39 is 0 Å². The number of hydrogen-bond donors (Lipinski definition) is 2. The molecule has 1 aromatic carbocycles. The lowest BCUT2D eigenvalue weighted by atomic mass is 10.2. The van der Waals surface area contributed by atoms with Gasteiger partial charge in [-0.05, 0) is 59.3 Å². The topological polar surface area (TPSA) is 80.0 Å². The van der Waals surface area contributed by atoms with E-state index in [4.69, 9.17) is 11.6 Å². The summed E-state index contributed by atoms with van der Waals surface area (Å²) in [6.07, 6.45) is 1.83. The predicted molar refractivity (Wildman–Crippen MR) is 119 cm³/mol. The number of nitrogens with zero attached hydrogens (tertiary/aromatic N) is 3. The standard InChI is InChI=1S/C19H14ClIN4O2S/c1-10-13-9-25(8-11-3-2-4-12(21)7-11)19(27)16(13)17(24-23-10)22-18(26)14-5-6-15(20)28-14/h2-7,9,27H,8H2,1H3,(H,22,24,26). The molecule has 9 heteroatoms. The van der Waals surface area contributed by atoms with E-state index in [0.29, 0.717) is 26.8 Å². The first-order chi connectivity index (χ1) is 13.4. The van der Waals surface area contributed by atoms with Crippen LogP contribution < -0.4 is 5.32 Å². The van der Waals surface area contributed by atoms with Gasteiger partial charge in [0.05, 0.1) is 26.8 Å². The zero-order valence-corrected chi connectivity index (χ0v) is 18.3. The molecule has 0 saturated heterocycles. The minimum absolute atomic E-state index is 0.0337. The van der Waals surface area contributed by atoms with Crippen molar-refractivity contribution in [3.05, 3.63) is 66.6 Å². The van der Waals surface area contributed by atoms with Crippen molar-refractivity contribution in [2.45, 2.75) is 13.5 Å². The van der Waals surface area contributed by atoms with Gasteiger partial charge in [-0.1, -0.05) is 23.7 Å². The zero-order valence-electron chi connectivity index (χ0n) is 14.6. The number of anilines is 1. The van der Waals surface area contributed by atoms with E-state index in [1.54, 1.807) is 16.7 Å². The minimum Gasteiger partial charge on any atom is -0.494 e. The quantitative estimate of drug-likeness (QED) is 0.366. The van der Waals surface area contributed by atoms with E-state index in [1.807, 2.05) is 31.3 Å². The molecular weight excluding hydrogens is 511 g/mol. The molecule has 0 atom stereocenters. The summed E-state index contributed by atoms with van der Waals surface area (Å²) in [5, 5.41) is 23.0. The molecule has 0 bridgehead atoms. The molecule has 3 heterocycles. The Bertz CT molecular complexity index is 1200. The highest BCUT2D eigenvalue weighted by Gasteiger charge is 2.19. The first kappa shape index (κ1) is 19.2. The number of fused-ring (bicyclic) bond motifs is 1. The third kappa shape index (κ3) is 3.71. The Hall–Kier alpha value is -2.17. The lowest BCUT2D eigenvalue weighted by Crippen LogP contribution is -2.12. The van der Waals surface area contributed by atoms with E-state index in [9.17, 15) is 9.90 Å². The minimum atomic E-state index is -0.346. The van der Waals surface area contributed by atoms with E-state index in [2.05, 4.69) is 44.2 Å². The summed E-state index contributed by atoms with van der Waals surface area (Å²) in [5.74, 6) is -0.0958. The second-order valence-corrected chi connectivity index (χ2v) is 9.15. The molecule has 6 nitrogen and oxygen atoms in total.